The molecule has 0 spiro atoms. The third-order valence-electron chi connectivity index (χ3n) is 3.46. The smallest absolute Gasteiger partial charge is 0.293 e. The maximum atomic E-state index is 11.7. The minimum Gasteiger partial charge on any atom is -0.293 e. The number of rotatable bonds is 11. The molecule has 117 valence electrons. The molecule has 1 rings (SSSR count). The highest BCUT2D eigenvalue weighted by atomic mass is 17.2. The molecule has 0 fully saturated rings. The third-order valence-corrected chi connectivity index (χ3v) is 3.46. The Labute approximate surface area is 128 Å². The quantitative estimate of drug-likeness (QED) is 0.330. The number of unbranched alkanes of at least 4 members (excludes halogenated alkanes) is 6. The van der Waals surface area contributed by atoms with E-state index in [1.54, 1.807) is 12.1 Å². The summed E-state index contributed by atoms with van der Waals surface area (Å²) in [5, 5.41) is 0. The van der Waals surface area contributed by atoms with Crippen LogP contribution >= 0.6 is 0 Å². The molecular weight excluding hydrogens is 264 g/mol. The van der Waals surface area contributed by atoms with Crippen LogP contribution in [0.5, 0.6) is 0 Å². The molecule has 0 amide bonds. The predicted octanol–water partition coefficient (Wildman–Crippen LogP) is 4.90. The Hall–Kier alpha value is -1.35. The highest BCUT2D eigenvalue weighted by molar-refractivity contribution is 5.88. The van der Waals surface area contributed by atoms with Crippen LogP contribution in [0.15, 0.2) is 24.3 Å². The van der Waals surface area contributed by atoms with Gasteiger partial charge in [0.15, 0.2) is 0 Å². The van der Waals surface area contributed by atoms with Crippen LogP contribution in [-0.2, 0) is 16.2 Å². The van der Waals surface area contributed by atoms with Gasteiger partial charge in [-0.3, -0.25) is 4.89 Å². The Bertz CT molecular complexity index is 384. The zero-order valence-electron chi connectivity index (χ0n) is 13.1. The Balaban J connectivity index is 2.05. The number of hydrogen-bond acceptors (Lipinski definition) is 3. The Morgan fingerprint density at radius 1 is 1.00 bits per heavy atom. The van der Waals surface area contributed by atoms with Crippen LogP contribution in [0.3, 0.4) is 0 Å². The van der Waals surface area contributed by atoms with Crippen molar-refractivity contribution in [2.45, 2.75) is 58.3 Å². The Kier molecular flexibility index (Phi) is 9.55. The minimum atomic E-state index is -0.423. The van der Waals surface area contributed by atoms with Gasteiger partial charge in [-0.2, -0.15) is 4.89 Å². The van der Waals surface area contributed by atoms with Gasteiger partial charge in [0.25, 0.3) is 0 Å². The predicted molar refractivity (Wildman–Crippen MR) is 84.9 cm³/mol. The second-order valence-corrected chi connectivity index (χ2v) is 5.22. The fraction of sp³-hybridized carbons (Fsp3) is 0.556. The van der Waals surface area contributed by atoms with Crippen molar-refractivity contribution in [3.8, 4) is 0 Å². The van der Waals surface area contributed by atoms with E-state index in [1.165, 1.54) is 31.2 Å². The second-order valence-electron chi connectivity index (χ2n) is 5.22. The normalized spacial score (nSPS) is 10.6. The largest absolute Gasteiger partial charge is 0.373 e. The number of benzene rings is 1. The van der Waals surface area contributed by atoms with Gasteiger partial charge in [-0.1, -0.05) is 64.5 Å². The molecule has 3 heteroatoms. The lowest BCUT2D eigenvalue weighted by molar-refractivity contribution is -0.241. The van der Waals surface area contributed by atoms with Crippen LogP contribution in [0.2, 0.25) is 0 Å². The lowest BCUT2D eigenvalue weighted by Gasteiger charge is -2.04. The summed E-state index contributed by atoms with van der Waals surface area (Å²) >= 11 is 0. The summed E-state index contributed by atoms with van der Waals surface area (Å²) in [4.78, 5) is 21.5. The van der Waals surface area contributed by atoms with Crippen LogP contribution in [-0.4, -0.2) is 12.6 Å². The molecule has 0 saturated heterocycles. The summed E-state index contributed by atoms with van der Waals surface area (Å²) in [5.74, 6) is -0.423. The molecular formula is C18H27O3. The molecule has 0 N–H and O–H groups in total. The summed E-state index contributed by atoms with van der Waals surface area (Å²) < 4.78 is 0. The van der Waals surface area contributed by atoms with E-state index in [0.29, 0.717) is 12.2 Å². The Morgan fingerprint density at radius 3 is 2.24 bits per heavy atom. The van der Waals surface area contributed by atoms with E-state index in [1.807, 2.05) is 12.1 Å². The topological polar surface area (TPSA) is 35.5 Å². The van der Waals surface area contributed by atoms with Crippen molar-refractivity contribution < 1.29 is 14.6 Å². The van der Waals surface area contributed by atoms with Crippen LogP contribution < -0.4 is 0 Å². The molecule has 0 unspecified atom stereocenters. The van der Waals surface area contributed by atoms with Crippen LogP contribution in [0.1, 0.15) is 67.8 Å². The lowest BCUT2D eigenvalue weighted by atomic mass is 10.1. The van der Waals surface area contributed by atoms with Gasteiger partial charge in [-0.05, 0) is 30.5 Å². The first-order valence-corrected chi connectivity index (χ1v) is 8.00. The maximum Gasteiger partial charge on any atom is 0.373 e. The van der Waals surface area contributed by atoms with Gasteiger partial charge in [0.1, 0.15) is 0 Å². The maximum absolute atomic E-state index is 11.7. The van der Waals surface area contributed by atoms with E-state index in [9.17, 15) is 4.79 Å². The van der Waals surface area contributed by atoms with Gasteiger partial charge in [-0.15, -0.1) is 0 Å². The van der Waals surface area contributed by atoms with Crippen LogP contribution in [0.4, 0.5) is 0 Å². The first-order chi connectivity index (χ1) is 10.3. The van der Waals surface area contributed by atoms with Crippen LogP contribution in [0, 0.1) is 6.92 Å². The van der Waals surface area contributed by atoms with Crippen molar-refractivity contribution in [3.63, 3.8) is 0 Å². The SMILES string of the molecule is [CH2]CCCCCCCCOOC(=O)c1ccc(CC)cc1. The molecule has 1 radical (unpaired) electrons. The van der Waals surface area contributed by atoms with Crippen molar-refractivity contribution in [2.75, 3.05) is 6.61 Å². The van der Waals surface area contributed by atoms with Gasteiger partial charge in [-0.25, -0.2) is 4.79 Å². The molecule has 21 heavy (non-hydrogen) atoms. The molecule has 1 aromatic rings. The van der Waals surface area contributed by atoms with Gasteiger partial charge >= 0.3 is 5.97 Å². The molecule has 0 atom stereocenters. The van der Waals surface area contributed by atoms with E-state index >= 15 is 0 Å². The van der Waals surface area contributed by atoms with Crippen molar-refractivity contribution in [2.24, 2.45) is 0 Å². The number of carbonyl (C=O) groups excluding carboxylic acids is 1. The summed E-state index contributed by atoms with van der Waals surface area (Å²) in [6.07, 6.45) is 8.94. The van der Waals surface area contributed by atoms with Gasteiger partial charge in [0, 0.05) is 0 Å². The number of aryl methyl sites for hydroxylation is 1. The van der Waals surface area contributed by atoms with E-state index in [2.05, 4.69) is 13.8 Å². The first kappa shape index (κ1) is 17.7. The molecule has 0 aliphatic carbocycles. The van der Waals surface area contributed by atoms with Crippen LogP contribution in [0.25, 0.3) is 0 Å². The summed E-state index contributed by atoms with van der Waals surface area (Å²) in [6, 6.07) is 7.41. The molecule has 0 saturated carbocycles. The average molecular weight is 291 g/mol. The number of hydrogen-bond donors (Lipinski definition) is 0. The van der Waals surface area contributed by atoms with Gasteiger partial charge in [0.2, 0.25) is 0 Å². The van der Waals surface area contributed by atoms with E-state index in [-0.39, 0.29) is 0 Å². The standard InChI is InChI=1S/C18H27O3/c1-3-5-6-7-8-9-10-15-20-21-18(19)17-13-11-16(4-2)12-14-17/h11-14H,1,3-10,15H2,2H3. The lowest BCUT2D eigenvalue weighted by Crippen LogP contribution is -2.07. The van der Waals surface area contributed by atoms with E-state index < -0.39 is 5.97 Å². The van der Waals surface area contributed by atoms with Gasteiger partial charge in [0.05, 0.1) is 12.2 Å². The second kappa shape index (κ2) is 11.3. The van der Waals surface area contributed by atoms with Crippen molar-refractivity contribution >= 4 is 5.97 Å². The minimum absolute atomic E-state index is 0.423. The highest BCUT2D eigenvalue weighted by Crippen LogP contribution is 2.08. The average Bonchev–Trinajstić information content (AvgIpc) is 2.53. The molecule has 0 bridgehead atoms. The summed E-state index contributed by atoms with van der Waals surface area (Å²) in [6.45, 7) is 6.37. The zero-order chi connectivity index (χ0) is 15.3. The zero-order valence-corrected chi connectivity index (χ0v) is 13.1. The van der Waals surface area contributed by atoms with E-state index in [0.717, 1.165) is 25.7 Å². The fourth-order valence-corrected chi connectivity index (χ4v) is 2.06. The van der Waals surface area contributed by atoms with Crippen molar-refractivity contribution in [1.82, 2.24) is 0 Å². The summed E-state index contributed by atoms with van der Waals surface area (Å²) in [5.41, 5.74) is 1.73. The van der Waals surface area contributed by atoms with Gasteiger partial charge < -0.3 is 0 Å². The monoisotopic (exact) mass is 291 g/mol. The molecule has 0 heterocycles. The molecule has 0 aliphatic rings. The van der Waals surface area contributed by atoms with Crippen molar-refractivity contribution in [3.05, 3.63) is 42.3 Å². The molecule has 1 aromatic carbocycles. The fourth-order valence-electron chi connectivity index (χ4n) is 2.06. The first-order valence-electron chi connectivity index (χ1n) is 8.00. The Morgan fingerprint density at radius 2 is 1.62 bits per heavy atom. The van der Waals surface area contributed by atoms with Crippen molar-refractivity contribution in [1.29, 1.82) is 0 Å². The third kappa shape index (κ3) is 7.86. The highest BCUT2D eigenvalue weighted by Gasteiger charge is 2.07. The molecule has 3 nitrogen and oxygen atoms in total. The number of carbonyl (C=O) groups is 1. The molecule has 0 aliphatic heterocycles. The van der Waals surface area contributed by atoms with E-state index in [4.69, 9.17) is 9.78 Å². The molecule has 0 aromatic heterocycles. The summed E-state index contributed by atoms with van der Waals surface area (Å²) in [7, 11) is 0.